The molecule has 2 aromatic rings. The van der Waals surface area contributed by atoms with Crippen molar-refractivity contribution in [1.29, 1.82) is 0 Å². The summed E-state index contributed by atoms with van der Waals surface area (Å²) in [5, 5.41) is 14.8. The van der Waals surface area contributed by atoms with Crippen molar-refractivity contribution in [3.05, 3.63) is 51.7 Å². The highest BCUT2D eigenvalue weighted by Crippen LogP contribution is 2.35. The van der Waals surface area contributed by atoms with Gasteiger partial charge in [-0.05, 0) is 66.8 Å². The Morgan fingerprint density at radius 1 is 1.30 bits per heavy atom. The lowest BCUT2D eigenvalue weighted by Crippen LogP contribution is -2.15. The lowest BCUT2D eigenvalue weighted by atomic mass is 9.93. The Morgan fingerprint density at radius 2 is 2.25 bits per heavy atom. The molecule has 1 aliphatic carbocycles. The van der Waals surface area contributed by atoms with Gasteiger partial charge in [0.05, 0.1) is 6.04 Å². The smallest absolute Gasteiger partial charge is 0.0524 e. The summed E-state index contributed by atoms with van der Waals surface area (Å²) in [7, 11) is 0. The predicted molar refractivity (Wildman–Crippen MR) is 85.5 cm³/mol. The first kappa shape index (κ1) is 13.7. The molecule has 3 heteroatoms. The maximum atomic E-state index is 8.93. The molecule has 1 aromatic carbocycles. The van der Waals surface area contributed by atoms with Gasteiger partial charge in [-0.1, -0.05) is 12.1 Å². The molecule has 0 bridgehead atoms. The van der Waals surface area contributed by atoms with Crippen molar-refractivity contribution in [2.45, 2.75) is 38.1 Å². The molecule has 20 heavy (non-hydrogen) atoms. The summed E-state index contributed by atoms with van der Waals surface area (Å²) in [6.45, 7) is 0.262. The zero-order valence-electron chi connectivity index (χ0n) is 11.6. The Bertz CT molecular complexity index is 564. The van der Waals surface area contributed by atoms with E-state index in [1.165, 1.54) is 36.1 Å². The van der Waals surface area contributed by atoms with E-state index in [1.54, 1.807) is 4.88 Å². The van der Waals surface area contributed by atoms with Gasteiger partial charge in [0.2, 0.25) is 0 Å². The molecule has 3 rings (SSSR count). The maximum Gasteiger partial charge on any atom is 0.0524 e. The molecule has 0 aliphatic heterocycles. The largest absolute Gasteiger partial charge is 0.396 e. The second-order valence-electron chi connectivity index (χ2n) is 5.42. The molecule has 0 saturated heterocycles. The average molecular weight is 287 g/mol. The summed E-state index contributed by atoms with van der Waals surface area (Å²) >= 11 is 1.89. The third-order valence-corrected chi connectivity index (χ3v) is 4.94. The zero-order chi connectivity index (χ0) is 13.8. The fourth-order valence-electron chi connectivity index (χ4n) is 2.94. The Hall–Kier alpha value is -1.32. The number of hydrogen-bond donors (Lipinski definition) is 2. The lowest BCUT2D eigenvalue weighted by Gasteiger charge is -2.25. The Balaban J connectivity index is 1.72. The molecule has 2 N–H and O–H groups in total. The number of thiophene rings is 1. The summed E-state index contributed by atoms with van der Waals surface area (Å²) in [6, 6.07) is 11.3. The minimum absolute atomic E-state index is 0.262. The monoisotopic (exact) mass is 287 g/mol. The van der Waals surface area contributed by atoms with Crippen LogP contribution in [0.4, 0.5) is 5.69 Å². The number of aliphatic hydroxyl groups excluding tert-OH is 1. The number of fused-ring (bicyclic) bond motifs is 1. The number of benzene rings is 1. The van der Waals surface area contributed by atoms with Crippen LogP contribution >= 0.6 is 11.3 Å². The van der Waals surface area contributed by atoms with Gasteiger partial charge in [0.1, 0.15) is 0 Å². The Morgan fingerprint density at radius 3 is 3.15 bits per heavy atom. The van der Waals surface area contributed by atoms with Gasteiger partial charge < -0.3 is 10.4 Å². The van der Waals surface area contributed by atoms with Crippen LogP contribution < -0.4 is 5.32 Å². The van der Waals surface area contributed by atoms with Crippen LogP contribution in [0.25, 0.3) is 0 Å². The molecule has 0 spiro atoms. The average Bonchev–Trinajstić information content (AvgIpc) is 2.95. The predicted octanol–water partition coefficient (Wildman–Crippen LogP) is 4.16. The Labute approximate surface area is 124 Å². The molecular weight excluding hydrogens is 266 g/mol. The first-order chi connectivity index (χ1) is 9.86. The van der Waals surface area contributed by atoms with E-state index < -0.39 is 0 Å². The number of aliphatic hydroxyl groups is 1. The number of rotatable bonds is 5. The van der Waals surface area contributed by atoms with E-state index in [9.17, 15) is 0 Å². The number of aryl methyl sites for hydroxylation is 2. The van der Waals surface area contributed by atoms with E-state index in [-0.39, 0.29) is 6.61 Å². The summed E-state index contributed by atoms with van der Waals surface area (Å²) in [4.78, 5) is 1.55. The van der Waals surface area contributed by atoms with Crippen molar-refractivity contribution in [3.63, 3.8) is 0 Å². The van der Waals surface area contributed by atoms with Crippen LogP contribution in [-0.4, -0.2) is 11.7 Å². The standard InChI is InChI=1S/C17H21NOS/c19-10-3-5-13-4-1-6-14(12-13)18-16-7-2-8-17-15(16)9-11-20-17/h1,4,6,9,11-12,16,18-19H,2-3,5,7-8,10H2. The van der Waals surface area contributed by atoms with Crippen LogP contribution in [0.2, 0.25) is 0 Å². The summed E-state index contributed by atoms with van der Waals surface area (Å²) in [5.41, 5.74) is 3.98. The van der Waals surface area contributed by atoms with E-state index in [0.717, 1.165) is 12.8 Å². The van der Waals surface area contributed by atoms with Crippen molar-refractivity contribution >= 4 is 17.0 Å². The summed E-state index contributed by atoms with van der Waals surface area (Å²) in [6.07, 6.45) is 5.50. The summed E-state index contributed by atoms with van der Waals surface area (Å²) < 4.78 is 0. The van der Waals surface area contributed by atoms with Gasteiger partial charge in [0.25, 0.3) is 0 Å². The fraction of sp³-hybridized carbons (Fsp3) is 0.412. The minimum atomic E-state index is 0.262. The highest BCUT2D eigenvalue weighted by atomic mass is 32.1. The molecular formula is C17H21NOS. The van der Waals surface area contributed by atoms with Gasteiger partial charge in [-0.25, -0.2) is 0 Å². The highest BCUT2D eigenvalue weighted by molar-refractivity contribution is 7.10. The van der Waals surface area contributed by atoms with E-state index in [0.29, 0.717) is 6.04 Å². The Kier molecular flexibility index (Phi) is 4.38. The second kappa shape index (κ2) is 6.42. The first-order valence-electron chi connectivity index (χ1n) is 7.39. The van der Waals surface area contributed by atoms with E-state index in [2.05, 4.69) is 41.0 Å². The molecule has 106 valence electrons. The topological polar surface area (TPSA) is 32.3 Å². The van der Waals surface area contributed by atoms with Crippen molar-refractivity contribution in [2.75, 3.05) is 11.9 Å². The highest BCUT2D eigenvalue weighted by Gasteiger charge is 2.20. The van der Waals surface area contributed by atoms with E-state index in [4.69, 9.17) is 5.11 Å². The van der Waals surface area contributed by atoms with Crippen molar-refractivity contribution in [1.82, 2.24) is 0 Å². The molecule has 1 aliphatic rings. The van der Waals surface area contributed by atoms with Crippen molar-refractivity contribution in [3.8, 4) is 0 Å². The van der Waals surface area contributed by atoms with Crippen LogP contribution in [-0.2, 0) is 12.8 Å². The molecule has 0 fully saturated rings. The zero-order valence-corrected chi connectivity index (χ0v) is 12.5. The van der Waals surface area contributed by atoms with Crippen LogP contribution in [0.15, 0.2) is 35.7 Å². The second-order valence-corrected chi connectivity index (χ2v) is 6.42. The molecule has 1 unspecified atom stereocenters. The third-order valence-electron chi connectivity index (χ3n) is 3.94. The molecule has 1 aromatic heterocycles. The molecule has 0 saturated carbocycles. The van der Waals surface area contributed by atoms with Crippen LogP contribution in [0.3, 0.4) is 0 Å². The van der Waals surface area contributed by atoms with Gasteiger partial charge in [-0.3, -0.25) is 0 Å². The molecule has 0 radical (unpaired) electrons. The summed E-state index contributed by atoms with van der Waals surface area (Å²) in [5.74, 6) is 0. The lowest BCUT2D eigenvalue weighted by molar-refractivity contribution is 0.288. The molecule has 0 amide bonds. The molecule has 2 nitrogen and oxygen atoms in total. The number of hydrogen-bond acceptors (Lipinski definition) is 3. The van der Waals surface area contributed by atoms with Gasteiger partial charge in [0.15, 0.2) is 0 Å². The normalized spacial score (nSPS) is 17.8. The van der Waals surface area contributed by atoms with E-state index in [1.807, 2.05) is 11.3 Å². The van der Waals surface area contributed by atoms with E-state index >= 15 is 0 Å². The van der Waals surface area contributed by atoms with Crippen LogP contribution in [0, 0.1) is 0 Å². The minimum Gasteiger partial charge on any atom is -0.396 e. The number of nitrogens with one attached hydrogen (secondary N) is 1. The van der Waals surface area contributed by atoms with Crippen LogP contribution in [0.5, 0.6) is 0 Å². The van der Waals surface area contributed by atoms with Crippen LogP contribution in [0.1, 0.15) is 41.3 Å². The molecule has 1 heterocycles. The third kappa shape index (κ3) is 3.05. The van der Waals surface area contributed by atoms with Crippen molar-refractivity contribution in [2.24, 2.45) is 0 Å². The van der Waals surface area contributed by atoms with Gasteiger partial charge in [0, 0.05) is 17.2 Å². The quantitative estimate of drug-likeness (QED) is 0.865. The first-order valence-corrected chi connectivity index (χ1v) is 8.27. The fourth-order valence-corrected chi connectivity index (χ4v) is 3.92. The molecule has 1 atom stereocenters. The van der Waals surface area contributed by atoms with Gasteiger partial charge >= 0.3 is 0 Å². The van der Waals surface area contributed by atoms with Crippen molar-refractivity contribution < 1.29 is 5.11 Å². The van der Waals surface area contributed by atoms with Gasteiger partial charge in [-0.15, -0.1) is 11.3 Å². The SMILES string of the molecule is OCCCc1cccc(NC2CCCc3sccc32)c1. The maximum absolute atomic E-state index is 8.93. The van der Waals surface area contributed by atoms with Gasteiger partial charge in [-0.2, -0.15) is 0 Å². The number of anilines is 1.